The second-order valence-corrected chi connectivity index (χ2v) is 7.24. The summed E-state index contributed by atoms with van der Waals surface area (Å²) < 4.78 is 40.3. The molecule has 7 heteroatoms. The van der Waals surface area contributed by atoms with E-state index >= 15 is 0 Å². The highest BCUT2D eigenvalue weighted by atomic mass is 35.5. The lowest BCUT2D eigenvalue weighted by Gasteiger charge is -2.23. The van der Waals surface area contributed by atoms with Crippen molar-refractivity contribution in [2.75, 3.05) is 19.6 Å². The molecule has 1 heterocycles. The van der Waals surface area contributed by atoms with Gasteiger partial charge in [-0.1, -0.05) is 11.6 Å². The normalized spacial score (nSPS) is 20.1. The van der Waals surface area contributed by atoms with Crippen LogP contribution >= 0.6 is 11.6 Å². The van der Waals surface area contributed by atoms with Crippen molar-refractivity contribution in [3.63, 3.8) is 0 Å². The predicted octanol–water partition coefficient (Wildman–Crippen LogP) is 2.07. The van der Waals surface area contributed by atoms with Crippen molar-refractivity contribution in [2.45, 2.75) is 24.7 Å². The Morgan fingerprint density at radius 1 is 1.50 bits per heavy atom. The molecule has 4 nitrogen and oxygen atoms in total. The summed E-state index contributed by atoms with van der Waals surface area (Å²) in [5.74, 6) is -0.232. The van der Waals surface area contributed by atoms with Crippen LogP contribution in [0.1, 0.15) is 18.4 Å². The molecule has 1 aromatic carbocycles. The van der Waals surface area contributed by atoms with Gasteiger partial charge in [0, 0.05) is 6.54 Å². The van der Waals surface area contributed by atoms with E-state index in [1.165, 1.54) is 13.0 Å². The number of rotatable bonds is 4. The van der Waals surface area contributed by atoms with Crippen LogP contribution in [0.3, 0.4) is 0 Å². The molecular weight excluding hydrogens is 303 g/mol. The number of piperidine rings is 1. The van der Waals surface area contributed by atoms with Gasteiger partial charge in [-0.25, -0.2) is 17.5 Å². The minimum absolute atomic E-state index is 0.0677. The Labute approximate surface area is 123 Å². The van der Waals surface area contributed by atoms with Crippen LogP contribution in [-0.2, 0) is 10.0 Å². The summed E-state index contributed by atoms with van der Waals surface area (Å²) in [6.07, 6.45) is 2.04. The van der Waals surface area contributed by atoms with E-state index in [0.717, 1.165) is 32.0 Å². The Hall–Kier alpha value is -0.690. The lowest BCUT2D eigenvalue weighted by Crippen LogP contribution is -2.38. The fourth-order valence-corrected chi connectivity index (χ4v) is 3.95. The van der Waals surface area contributed by atoms with Gasteiger partial charge >= 0.3 is 0 Å². The number of benzene rings is 1. The first kappa shape index (κ1) is 15.7. The van der Waals surface area contributed by atoms with Crippen molar-refractivity contribution >= 4 is 21.6 Å². The lowest BCUT2D eigenvalue weighted by atomic mass is 10.0. The number of sulfonamides is 1. The Balaban J connectivity index is 2.11. The summed E-state index contributed by atoms with van der Waals surface area (Å²) in [5, 5.41) is 3.13. The fourth-order valence-electron chi connectivity index (χ4n) is 2.24. The SMILES string of the molecule is Cc1cc(S(=O)(=O)NC[C@@H]2CCCNC2)c(Cl)cc1F. The standard InChI is InChI=1S/C13H18ClFN2O2S/c1-9-5-13(11(14)6-12(9)15)20(18,19)17-8-10-3-2-4-16-7-10/h5-6,10,16-17H,2-4,7-8H2,1H3/t10-/m1/s1. The van der Waals surface area contributed by atoms with Crippen LogP contribution in [0.4, 0.5) is 4.39 Å². The molecule has 1 aromatic rings. The van der Waals surface area contributed by atoms with E-state index in [9.17, 15) is 12.8 Å². The average molecular weight is 321 g/mol. The van der Waals surface area contributed by atoms with Crippen LogP contribution in [0.5, 0.6) is 0 Å². The van der Waals surface area contributed by atoms with Gasteiger partial charge in [-0.2, -0.15) is 0 Å². The summed E-state index contributed by atoms with van der Waals surface area (Å²) in [6, 6.07) is 2.30. The van der Waals surface area contributed by atoms with Gasteiger partial charge in [0.05, 0.1) is 5.02 Å². The van der Waals surface area contributed by atoms with E-state index in [4.69, 9.17) is 11.6 Å². The van der Waals surface area contributed by atoms with Gasteiger partial charge in [0.1, 0.15) is 10.7 Å². The van der Waals surface area contributed by atoms with Gasteiger partial charge in [-0.15, -0.1) is 0 Å². The zero-order valence-corrected chi connectivity index (χ0v) is 12.8. The largest absolute Gasteiger partial charge is 0.316 e. The minimum atomic E-state index is -3.71. The highest BCUT2D eigenvalue weighted by molar-refractivity contribution is 7.89. The summed E-state index contributed by atoms with van der Waals surface area (Å²) in [4.78, 5) is -0.0677. The summed E-state index contributed by atoms with van der Waals surface area (Å²) >= 11 is 5.84. The lowest BCUT2D eigenvalue weighted by molar-refractivity contribution is 0.376. The molecule has 0 amide bonds. The van der Waals surface area contributed by atoms with Gasteiger partial charge in [-0.05, 0) is 56.5 Å². The molecule has 1 fully saturated rings. The Morgan fingerprint density at radius 2 is 2.25 bits per heavy atom. The first-order chi connectivity index (χ1) is 9.40. The van der Waals surface area contributed by atoms with E-state index in [2.05, 4.69) is 10.0 Å². The van der Waals surface area contributed by atoms with Gasteiger partial charge < -0.3 is 5.32 Å². The van der Waals surface area contributed by atoms with Crippen LogP contribution < -0.4 is 10.0 Å². The number of halogens is 2. The second kappa shape index (κ2) is 6.39. The molecule has 2 N–H and O–H groups in total. The van der Waals surface area contributed by atoms with E-state index < -0.39 is 15.8 Å². The molecule has 0 aromatic heterocycles. The molecule has 0 spiro atoms. The van der Waals surface area contributed by atoms with Gasteiger partial charge in [0.2, 0.25) is 10.0 Å². The molecule has 1 atom stereocenters. The van der Waals surface area contributed by atoms with E-state index in [-0.39, 0.29) is 21.4 Å². The zero-order valence-electron chi connectivity index (χ0n) is 11.2. The molecule has 2 rings (SSSR count). The zero-order chi connectivity index (χ0) is 14.8. The molecule has 0 saturated carbocycles. The van der Waals surface area contributed by atoms with Crippen molar-refractivity contribution in [1.82, 2.24) is 10.0 Å². The quantitative estimate of drug-likeness (QED) is 0.893. The van der Waals surface area contributed by atoms with Crippen LogP contribution in [-0.4, -0.2) is 28.1 Å². The van der Waals surface area contributed by atoms with Crippen molar-refractivity contribution in [3.05, 3.63) is 28.5 Å². The molecule has 1 aliphatic heterocycles. The number of hydrogen-bond donors (Lipinski definition) is 2. The highest BCUT2D eigenvalue weighted by Crippen LogP contribution is 2.24. The van der Waals surface area contributed by atoms with Crippen LogP contribution in [0.15, 0.2) is 17.0 Å². The molecule has 0 aliphatic carbocycles. The topological polar surface area (TPSA) is 58.2 Å². The van der Waals surface area contributed by atoms with Crippen molar-refractivity contribution in [1.29, 1.82) is 0 Å². The third kappa shape index (κ3) is 3.69. The van der Waals surface area contributed by atoms with Crippen molar-refractivity contribution in [3.8, 4) is 0 Å². The molecule has 112 valence electrons. The van der Waals surface area contributed by atoms with Gasteiger partial charge in [-0.3, -0.25) is 0 Å². The Kier molecular flexibility index (Phi) is 5.01. The highest BCUT2D eigenvalue weighted by Gasteiger charge is 2.22. The molecule has 20 heavy (non-hydrogen) atoms. The molecule has 0 unspecified atom stereocenters. The second-order valence-electron chi connectivity index (χ2n) is 5.10. The smallest absolute Gasteiger partial charge is 0.242 e. The molecule has 1 aliphatic rings. The third-order valence-corrected chi connectivity index (χ3v) is 5.35. The number of nitrogens with one attached hydrogen (secondary N) is 2. The van der Waals surface area contributed by atoms with Crippen LogP contribution in [0.25, 0.3) is 0 Å². The molecular formula is C13H18ClFN2O2S. The van der Waals surface area contributed by atoms with E-state index in [1.807, 2.05) is 0 Å². The molecule has 0 bridgehead atoms. The summed E-state index contributed by atoms with van der Waals surface area (Å²) in [7, 11) is -3.71. The Morgan fingerprint density at radius 3 is 2.90 bits per heavy atom. The Bertz CT molecular complexity index is 586. The fraction of sp³-hybridized carbons (Fsp3) is 0.538. The van der Waals surface area contributed by atoms with Crippen molar-refractivity contribution in [2.24, 2.45) is 5.92 Å². The summed E-state index contributed by atoms with van der Waals surface area (Å²) in [5.41, 5.74) is 0.258. The van der Waals surface area contributed by atoms with Gasteiger partial charge in [0.15, 0.2) is 0 Å². The predicted molar refractivity (Wildman–Crippen MR) is 76.9 cm³/mol. The van der Waals surface area contributed by atoms with Crippen LogP contribution in [0.2, 0.25) is 5.02 Å². The maximum Gasteiger partial charge on any atom is 0.242 e. The maximum absolute atomic E-state index is 13.3. The minimum Gasteiger partial charge on any atom is -0.316 e. The van der Waals surface area contributed by atoms with Crippen molar-refractivity contribution < 1.29 is 12.8 Å². The maximum atomic E-state index is 13.3. The number of hydrogen-bond acceptors (Lipinski definition) is 3. The van der Waals surface area contributed by atoms with E-state index in [0.29, 0.717) is 6.54 Å². The van der Waals surface area contributed by atoms with E-state index in [1.54, 1.807) is 0 Å². The first-order valence-corrected chi connectivity index (χ1v) is 8.42. The molecule has 0 radical (unpaired) electrons. The first-order valence-electron chi connectivity index (χ1n) is 6.56. The number of aryl methyl sites for hydroxylation is 1. The summed E-state index contributed by atoms with van der Waals surface area (Å²) in [6.45, 7) is 3.66. The van der Waals surface area contributed by atoms with Gasteiger partial charge in [0.25, 0.3) is 0 Å². The van der Waals surface area contributed by atoms with Crippen LogP contribution in [0, 0.1) is 18.7 Å². The molecule has 1 saturated heterocycles. The monoisotopic (exact) mass is 320 g/mol. The third-order valence-electron chi connectivity index (χ3n) is 3.46. The average Bonchev–Trinajstić information content (AvgIpc) is 2.42.